The molecule has 1 heterocycles. The highest BCUT2D eigenvalue weighted by Crippen LogP contribution is 2.11. The standard InChI is InChI=1S/C10H11ClN2O2/c1-7-8(5-3-4-6-11)9(10(14)15)13(2)12-7/h4,6H2,1-2H3,(H,14,15). The number of aromatic nitrogens is 2. The Morgan fingerprint density at radius 2 is 2.33 bits per heavy atom. The zero-order valence-corrected chi connectivity index (χ0v) is 9.30. The summed E-state index contributed by atoms with van der Waals surface area (Å²) in [5, 5.41) is 13.0. The summed E-state index contributed by atoms with van der Waals surface area (Å²) in [7, 11) is 1.59. The quantitative estimate of drug-likeness (QED) is 0.613. The molecule has 0 fully saturated rings. The molecular formula is C10H11ClN2O2. The van der Waals surface area contributed by atoms with Crippen LogP contribution < -0.4 is 0 Å². The van der Waals surface area contributed by atoms with Crippen LogP contribution in [0.15, 0.2) is 0 Å². The fourth-order valence-corrected chi connectivity index (χ4v) is 1.35. The molecule has 1 aromatic heterocycles. The molecule has 1 aromatic rings. The Morgan fingerprint density at radius 1 is 1.67 bits per heavy atom. The molecule has 0 aliphatic rings. The Hall–Kier alpha value is -1.47. The number of aryl methyl sites for hydroxylation is 2. The van der Waals surface area contributed by atoms with E-state index in [0.717, 1.165) is 0 Å². The summed E-state index contributed by atoms with van der Waals surface area (Å²) in [5.74, 6) is 5.01. The van der Waals surface area contributed by atoms with E-state index in [1.54, 1.807) is 14.0 Å². The molecular weight excluding hydrogens is 216 g/mol. The van der Waals surface area contributed by atoms with Crippen LogP contribution in [0.1, 0.15) is 28.2 Å². The Morgan fingerprint density at radius 3 is 2.87 bits per heavy atom. The second-order valence-electron chi connectivity index (χ2n) is 2.98. The molecule has 0 saturated carbocycles. The van der Waals surface area contributed by atoms with E-state index in [9.17, 15) is 4.79 Å². The van der Waals surface area contributed by atoms with E-state index < -0.39 is 5.97 Å². The van der Waals surface area contributed by atoms with Crippen LogP contribution in [0.2, 0.25) is 0 Å². The molecule has 0 atom stereocenters. The topological polar surface area (TPSA) is 55.1 Å². The summed E-state index contributed by atoms with van der Waals surface area (Å²) in [6.45, 7) is 1.73. The van der Waals surface area contributed by atoms with Crippen molar-refractivity contribution in [3.8, 4) is 11.8 Å². The highest BCUT2D eigenvalue weighted by molar-refractivity contribution is 6.18. The van der Waals surface area contributed by atoms with Gasteiger partial charge < -0.3 is 5.11 Å². The first-order chi connectivity index (χ1) is 7.07. The zero-order valence-electron chi connectivity index (χ0n) is 8.54. The monoisotopic (exact) mass is 226 g/mol. The smallest absolute Gasteiger partial charge is 0.355 e. The third-order valence-electron chi connectivity index (χ3n) is 1.86. The Bertz CT molecular complexity index is 440. The number of aromatic carboxylic acids is 1. The van der Waals surface area contributed by atoms with Gasteiger partial charge in [0.15, 0.2) is 5.69 Å². The average Bonchev–Trinajstić information content (AvgIpc) is 2.42. The lowest BCUT2D eigenvalue weighted by Gasteiger charge is -1.94. The lowest BCUT2D eigenvalue weighted by Crippen LogP contribution is -2.06. The van der Waals surface area contributed by atoms with Gasteiger partial charge in [-0.1, -0.05) is 11.8 Å². The van der Waals surface area contributed by atoms with Gasteiger partial charge in [-0.15, -0.1) is 11.6 Å². The van der Waals surface area contributed by atoms with E-state index in [1.165, 1.54) is 4.68 Å². The largest absolute Gasteiger partial charge is 0.476 e. The van der Waals surface area contributed by atoms with Crippen LogP contribution in [-0.4, -0.2) is 26.7 Å². The summed E-state index contributed by atoms with van der Waals surface area (Å²) < 4.78 is 1.32. The predicted octanol–water partition coefficient (Wildman–Crippen LogP) is 1.41. The minimum atomic E-state index is -1.02. The maximum absolute atomic E-state index is 10.9. The predicted molar refractivity (Wildman–Crippen MR) is 57.1 cm³/mol. The fraction of sp³-hybridized carbons (Fsp3) is 0.400. The second kappa shape index (κ2) is 4.85. The van der Waals surface area contributed by atoms with Crippen LogP contribution in [0.25, 0.3) is 0 Å². The molecule has 0 aliphatic carbocycles. The third kappa shape index (κ3) is 2.51. The maximum atomic E-state index is 10.9. The van der Waals surface area contributed by atoms with E-state index in [4.69, 9.17) is 16.7 Å². The molecule has 80 valence electrons. The van der Waals surface area contributed by atoms with Crippen LogP contribution in [0, 0.1) is 18.8 Å². The average molecular weight is 227 g/mol. The SMILES string of the molecule is Cc1nn(C)c(C(=O)O)c1C#CCCCl. The van der Waals surface area contributed by atoms with E-state index in [0.29, 0.717) is 23.6 Å². The minimum Gasteiger partial charge on any atom is -0.476 e. The van der Waals surface area contributed by atoms with Crippen molar-refractivity contribution in [2.45, 2.75) is 13.3 Å². The van der Waals surface area contributed by atoms with Gasteiger partial charge in [-0.25, -0.2) is 4.79 Å². The number of nitrogens with zero attached hydrogens (tertiary/aromatic N) is 2. The molecule has 0 spiro atoms. The Balaban J connectivity index is 3.17. The Kier molecular flexibility index (Phi) is 3.75. The van der Waals surface area contributed by atoms with Gasteiger partial charge in [0.05, 0.1) is 11.3 Å². The lowest BCUT2D eigenvalue weighted by atomic mass is 10.2. The summed E-state index contributed by atoms with van der Waals surface area (Å²) in [6, 6.07) is 0. The maximum Gasteiger partial charge on any atom is 0.355 e. The summed E-state index contributed by atoms with van der Waals surface area (Å²) >= 11 is 5.48. The van der Waals surface area contributed by atoms with Crippen LogP contribution in [-0.2, 0) is 7.05 Å². The molecule has 5 heteroatoms. The third-order valence-corrected chi connectivity index (χ3v) is 2.05. The van der Waals surface area contributed by atoms with Gasteiger partial charge in [0.25, 0.3) is 0 Å². The van der Waals surface area contributed by atoms with Gasteiger partial charge in [-0.3, -0.25) is 4.68 Å². The van der Waals surface area contributed by atoms with Crippen LogP contribution in [0.3, 0.4) is 0 Å². The van der Waals surface area contributed by atoms with Gasteiger partial charge in [0, 0.05) is 19.3 Å². The molecule has 0 amide bonds. The zero-order chi connectivity index (χ0) is 11.4. The highest BCUT2D eigenvalue weighted by atomic mass is 35.5. The number of carboxylic acid groups (broad SMARTS) is 1. The summed E-state index contributed by atoms with van der Waals surface area (Å²) in [4.78, 5) is 10.9. The highest BCUT2D eigenvalue weighted by Gasteiger charge is 2.17. The van der Waals surface area contributed by atoms with Gasteiger partial charge in [-0.2, -0.15) is 5.10 Å². The number of carboxylic acids is 1. The van der Waals surface area contributed by atoms with Gasteiger partial charge >= 0.3 is 5.97 Å². The molecule has 15 heavy (non-hydrogen) atoms. The van der Waals surface area contributed by atoms with Crippen LogP contribution in [0.5, 0.6) is 0 Å². The number of hydrogen-bond acceptors (Lipinski definition) is 2. The molecule has 0 radical (unpaired) electrons. The van der Waals surface area contributed by atoms with E-state index in [-0.39, 0.29) is 5.69 Å². The second-order valence-corrected chi connectivity index (χ2v) is 3.36. The first kappa shape index (κ1) is 11.6. The van der Waals surface area contributed by atoms with Crippen LogP contribution in [0.4, 0.5) is 0 Å². The van der Waals surface area contributed by atoms with Crippen molar-refractivity contribution in [3.63, 3.8) is 0 Å². The lowest BCUT2D eigenvalue weighted by molar-refractivity contribution is 0.0684. The van der Waals surface area contributed by atoms with Crippen molar-refractivity contribution in [2.75, 3.05) is 5.88 Å². The molecule has 0 aliphatic heterocycles. The van der Waals surface area contributed by atoms with Crippen molar-refractivity contribution < 1.29 is 9.90 Å². The van der Waals surface area contributed by atoms with Crippen LogP contribution >= 0.6 is 11.6 Å². The minimum absolute atomic E-state index is 0.120. The molecule has 1 rings (SSSR count). The fourth-order valence-electron chi connectivity index (χ4n) is 1.25. The van der Waals surface area contributed by atoms with Crippen molar-refractivity contribution in [1.82, 2.24) is 9.78 Å². The summed E-state index contributed by atoms with van der Waals surface area (Å²) in [5.41, 5.74) is 1.21. The molecule has 1 N–H and O–H groups in total. The molecule has 4 nitrogen and oxygen atoms in total. The van der Waals surface area contributed by atoms with E-state index in [1.807, 2.05) is 0 Å². The molecule has 0 aromatic carbocycles. The first-order valence-electron chi connectivity index (χ1n) is 4.39. The van der Waals surface area contributed by atoms with Gasteiger partial charge in [-0.05, 0) is 6.92 Å². The van der Waals surface area contributed by atoms with Crippen molar-refractivity contribution >= 4 is 17.6 Å². The first-order valence-corrected chi connectivity index (χ1v) is 4.93. The number of alkyl halides is 1. The number of halogens is 1. The van der Waals surface area contributed by atoms with E-state index >= 15 is 0 Å². The van der Waals surface area contributed by atoms with Gasteiger partial charge in [0.1, 0.15) is 0 Å². The number of rotatable bonds is 2. The van der Waals surface area contributed by atoms with E-state index in [2.05, 4.69) is 16.9 Å². The molecule has 0 unspecified atom stereocenters. The van der Waals surface area contributed by atoms with Crippen molar-refractivity contribution in [3.05, 3.63) is 17.0 Å². The molecule has 0 bridgehead atoms. The summed E-state index contributed by atoms with van der Waals surface area (Å²) in [6.07, 6.45) is 0.537. The van der Waals surface area contributed by atoms with Gasteiger partial charge in [0.2, 0.25) is 0 Å². The van der Waals surface area contributed by atoms with Crippen molar-refractivity contribution in [2.24, 2.45) is 7.05 Å². The Labute approximate surface area is 92.9 Å². The number of hydrogen-bond donors (Lipinski definition) is 1. The number of carbonyl (C=O) groups is 1. The molecule has 0 saturated heterocycles. The normalized spacial score (nSPS) is 9.53. The van der Waals surface area contributed by atoms with Crippen molar-refractivity contribution in [1.29, 1.82) is 0 Å².